The number of allylic oxidation sites excluding steroid dienone is 2. The molecule has 0 amide bonds. The number of ketones is 3. The van der Waals surface area contributed by atoms with Gasteiger partial charge in [-0.05, 0) is 114 Å². The quantitative estimate of drug-likeness (QED) is 0.305. The molecule has 0 heterocycles. The van der Waals surface area contributed by atoms with Crippen LogP contribution in [0, 0.1) is 57.2 Å². The van der Waals surface area contributed by atoms with Crippen LogP contribution >= 0.6 is 0 Å². The minimum Gasteiger partial charge on any atom is -0.299 e. The van der Waals surface area contributed by atoms with Gasteiger partial charge < -0.3 is 0 Å². The van der Waals surface area contributed by atoms with Crippen molar-refractivity contribution in [3.05, 3.63) is 82.4 Å². The summed E-state index contributed by atoms with van der Waals surface area (Å²) in [6, 6.07) is 18.6. The van der Waals surface area contributed by atoms with Crippen LogP contribution in [0.4, 0.5) is 0 Å². The second kappa shape index (κ2) is 11.5. The molecular weight excluding hydrogens is 588 g/mol. The monoisotopic (exact) mass is 646 g/mol. The first-order chi connectivity index (χ1) is 22.3. The number of Topliss-reactive ketones (excluding diaryl/α,β-unsaturated/α-hetero) is 3. The highest BCUT2D eigenvalue weighted by molar-refractivity contribution is 6.08. The molecule has 6 aliphatic rings. The molecule has 0 radical (unpaired) electrons. The number of hydrogen-bond acceptors (Lipinski definition) is 3. The fraction of sp³-hybridized carbons (Fsp3) is 0.578. The van der Waals surface area contributed by atoms with Crippen molar-refractivity contribution in [2.24, 2.45) is 50.2 Å². The van der Waals surface area contributed by atoms with Crippen LogP contribution in [0.25, 0.3) is 12.2 Å². The predicted molar refractivity (Wildman–Crippen MR) is 197 cm³/mol. The lowest BCUT2D eigenvalue weighted by Gasteiger charge is -2.32. The Labute approximate surface area is 290 Å². The van der Waals surface area contributed by atoms with Crippen LogP contribution in [0.15, 0.2) is 65.7 Å². The lowest BCUT2D eigenvalue weighted by molar-refractivity contribution is -0.128. The van der Waals surface area contributed by atoms with E-state index in [4.69, 9.17) is 0 Å². The zero-order valence-electron chi connectivity index (χ0n) is 31.3. The molecule has 3 nitrogen and oxygen atoms in total. The molecule has 0 aromatic heterocycles. The average Bonchev–Trinajstić information content (AvgIpc) is 3.65. The highest BCUT2D eigenvalue weighted by atomic mass is 16.1. The van der Waals surface area contributed by atoms with Crippen molar-refractivity contribution in [1.82, 2.24) is 0 Å². The number of hydrogen-bond donors (Lipinski definition) is 0. The van der Waals surface area contributed by atoms with Crippen molar-refractivity contribution in [3.8, 4) is 0 Å². The molecule has 3 heteroatoms. The Kier molecular flexibility index (Phi) is 8.33. The summed E-state index contributed by atoms with van der Waals surface area (Å²) in [6.07, 6.45) is 11.9. The minimum atomic E-state index is -0.145. The summed E-state index contributed by atoms with van der Waals surface area (Å²) in [5.74, 6) is 2.84. The number of aryl methyl sites for hydroxylation is 1. The van der Waals surface area contributed by atoms with E-state index in [9.17, 15) is 14.4 Å². The van der Waals surface area contributed by atoms with Gasteiger partial charge >= 0.3 is 0 Å². The van der Waals surface area contributed by atoms with Crippen molar-refractivity contribution < 1.29 is 14.4 Å². The van der Waals surface area contributed by atoms with E-state index in [1.165, 1.54) is 12.0 Å². The molecular formula is C45H58O3. The van der Waals surface area contributed by atoms with E-state index in [0.29, 0.717) is 35.1 Å². The summed E-state index contributed by atoms with van der Waals surface area (Å²) in [4.78, 5) is 36.9. The van der Waals surface area contributed by atoms with Gasteiger partial charge in [0.05, 0.1) is 0 Å². The summed E-state index contributed by atoms with van der Waals surface area (Å²) in [7, 11) is 0. The van der Waals surface area contributed by atoms with Crippen LogP contribution in [-0.2, 0) is 14.4 Å². The zero-order valence-corrected chi connectivity index (χ0v) is 31.3. The lowest BCUT2D eigenvalue weighted by Crippen LogP contribution is -2.32. The maximum atomic E-state index is 12.7. The van der Waals surface area contributed by atoms with Crippen molar-refractivity contribution in [3.63, 3.8) is 0 Å². The van der Waals surface area contributed by atoms with E-state index in [1.807, 2.05) is 18.2 Å². The van der Waals surface area contributed by atoms with E-state index < -0.39 is 0 Å². The van der Waals surface area contributed by atoms with Crippen molar-refractivity contribution >= 4 is 29.5 Å². The number of fused-ring (bicyclic) bond motifs is 6. The predicted octanol–water partition coefficient (Wildman–Crippen LogP) is 10.9. The molecule has 0 saturated heterocycles. The standard InChI is InChI=1S/C18H22O.C17H20O.C10H16O/c1-12-5-7-13(8-6-12)11-14-15-9-10-18(4,16(14)19)17(15,2)3;1-16(2)14-9-10-17(16,3)15(18)13(14)11-12-7-5-4-6-8-12;1-9(2)7-4-5-10(9,3)8(11)6-7/h5-8,11,15H,9-10H2,1-4H3;4-8,11,14H,9-10H2,1-3H3;7H,4-6H2,1-3H3. The minimum absolute atomic E-state index is 0.0255. The first-order valence-corrected chi connectivity index (χ1v) is 18.5. The summed E-state index contributed by atoms with van der Waals surface area (Å²) in [6.45, 7) is 22.1. The number of benzene rings is 2. The smallest absolute Gasteiger partial charge is 0.165 e. The van der Waals surface area contributed by atoms with Crippen LogP contribution in [-0.4, -0.2) is 17.3 Å². The third-order valence-electron chi connectivity index (χ3n) is 15.7. The van der Waals surface area contributed by atoms with Crippen molar-refractivity contribution in [2.45, 2.75) is 114 Å². The summed E-state index contributed by atoms with van der Waals surface area (Å²) in [5.41, 5.74) is 5.92. The van der Waals surface area contributed by atoms with E-state index >= 15 is 0 Å². The Bertz CT molecular complexity index is 1680. The second-order valence-electron chi connectivity index (χ2n) is 18.4. The molecule has 8 rings (SSSR count). The normalized spacial score (nSPS) is 37.5. The Hall–Kier alpha value is -3.07. The molecule has 0 N–H and O–H groups in total. The maximum absolute atomic E-state index is 12.7. The lowest BCUT2D eigenvalue weighted by atomic mass is 9.70. The average molecular weight is 647 g/mol. The van der Waals surface area contributed by atoms with E-state index in [1.54, 1.807) is 0 Å². The largest absolute Gasteiger partial charge is 0.299 e. The first kappa shape index (κ1) is 34.8. The summed E-state index contributed by atoms with van der Waals surface area (Å²) in [5, 5.41) is 0. The third-order valence-corrected chi connectivity index (χ3v) is 15.7. The van der Waals surface area contributed by atoms with E-state index in [2.05, 4.69) is 118 Å². The highest BCUT2D eigenvalue weighted by Crippen LogP contribution is 2.67. The molecule has 0 aliphatic heterocycles. The SMILES string of the molecule is CC12CCC(C(=Cc3ccccc3)C1=O)C2(C)C.CC12CCC(CC1=O)C2(C)C.Cc1ccc(C=C2C(=O)C3(C)CCC2C3(C)C)cc1. The third kappa shape index (κ3) is 4.91. The van der Waals surface area contributed by atoms with Crippen molar-refractivity contribution in [2.75, 3.05) is 0 Å². The highest BCUT2D eigenvalue weighted by Gasteiger charge is 2.65. The van der Waals surface area contributed by atoms with Crippen LogP contribution in [0.1, 0.15) is 124 Å². The van der Waals surface area contributed by atoms with Gasteiger partial charge in [-0.3, -0.25) is 14.4 Å². The maximum Gasteiger partial charge on any atom is 0.165 e. The number of rotatable bonds is 2. The molecule has 48 heavy (non-hydrogen) atoms. The van der Waals surface area contributed by atoms with Gasteiger partial charge in [-0.2, -0.15) is 0 Å². The summed E-state index contributed by atoms with van der Waals surface area (Å²) >= 11 is 0. The van der Waals surface area contributed by atoms with Gasteiger partial charge in [-0.1, -0.05) is 122 Å². The first-order valence-electron chi connectivity index (χ1n) is 18.5. The topological polar surface area (TPSA) is 51.2 Å². The number of carbonyl (C=O) groups excluding carboxylic acids is 3. The van der Waals surface area contributed by atoms with Crippen LogP contribution in [0.3, 0.4) is 0 Å². The van der Waals surface area contributed by atoms with E-state index in [-0.39, 0.29) is 32.5 Å². The molecule has 6 bridgehead atoms. The van der Waals surface area contributed by atoms with Crippen LogP contribution in [0.5, 0.6) is 0 Å². The molecule has 6 atom stereocenters. The molecule has 6 unspecified atom stereocenters. The van der Waals surface area contributed by atoms with Crippen LogP contribution in [0.2, 0.25) is 0 Å². The van der Waals surface area contributed by atoms with Crippen molar-refractivity contribution in [1.29, 1.82) is 0 Å². The molecule has 2 aromatic carbocycles. The fourth-order valence-corrected chi connectivity index (χ4v) is 10.7. The molecule has 0 spiro atoms. The Morgan fingerprint density at radius 1 is 0.542 bits per heavy atom. The van der Waals surface area contributed by atoms with Gasteiger partial charge in [-0.15, -0.1) is 0 Å². The van der Waals surface area contributed by atoms with Gasteiger partial charge in [0.25, 0.3) is 0 Å². The molecule has 6 saturated carbocycles. The second-order valence-corrected chi connectivity index (χ2v) is 18.4. The fourth-order valence-electron chi connectivity index (χ4n) is 10.7. The van der Waals surface area contributed by atoms with Gasteiger partial charge in [0.15, 0.2) is 11.6 Å². The van der Waals surface area contributed by atoms with Crippen LogP contribution < -0.4 is 0 Å². The summed E-state index contributed by atoms with van der Waals surface area (Å²) < 4.78 is 0. The molecule has 256 valence electrons. The molecule has 6 fully saturated rings. The number of carbonyl (C=O) groups is 3. The Balaban J connectivity index is 0.000000130. The van der Waals surface area contributed by atoms with Gasteiger partial charge in [-0.25, -0.2) is 0 Å². The Morgan fingerprint density at radius 3 is 1.31 bits per heavy atom. The zero-order chi connectivity index (χ0) is 35.1. The molecule has 2 aromatic rings. The van der Waals surface area contributed by atoms with E-state index in [0.717, 1.165) is 60.8 Å². The van der Waals surface area contributed by atoms with Gasteiger partial charge in [0, 0.05) is 22.7 Å². The Morgan fingerprint density at radius 2 is 0.979 bits per heavy atom. The van der Waals surface area contributed by atoms with Gasteiger partial charge in [0.2, 0.25) is 0 Å². The molecule has 6 aliphatic carbocycles. The van der Waals surface area contributed by atoms with Gasteiger partial charge in [0.1, 0.15) is 5.78 Å².